The predicted molar refractivity (Wildman–Crippen MR) is 127 cm³/mol. The molecule has 1 aliphatic heterocycles. The van der Waals surface area contributed by atoms with E-state index < -0.39 is 17.2 Å². The van der Waals surface area contributed by atoms with E-state index in [0.717, 1.165) is 5.69 Å². The lowest BCUT2D eigenvalue weighted by molar-refractivity contribution is 0.0785. The van der Waals surface area contributed by atoms with Crippen molar-refractivity contribution in [3.8, 4) is 5.75 Å². The van der Waals surface area contributed by atoms with E-state index in [-0.39, 0.29) is 30.1 Å². The van der Waals surface area contributed by atoms with Crippen LogP contribution in [0.25, 0.3) is 0 Å². The number of hydrogen-bond donors (Lipinski definition) is 2. The van der Waals surface area contributed by atoms with Crippen LogP contribution in [0.2, 0.25) is 0 Å². The van der Waals surface area contributed by atoms with Crippen LogP contribution in [0.4, 0.5) is 4.39 Å². The highest BCUT2D eigenvalue weighted by atomic mass is 19.1. The smallest absolute Gasteiger partial charge is 0.296 e. The molecule has 1 aliphatic rings. The molecule has 2 unspecified atom stereocenters. The van der Waals surface area contributed by atoms with Crippen LogP contribution in [0, 0.1) is 5.82 Å². The average molecular weight is 484 g/mol. The molecule has 0 fully saturated rings. The second kappa shape index (κ2) is 9.96. The Morgan fingerprint density at radius 2 is 1.97 bits per heavy atom. The fraction of sp³-hybridized carbons (Fsp3) is 0.417. The molecule has 0 radical (unpaired) electrons. The number of amides is 1. The summed E-state index contributed by atoms with van der Waals surface area (Å²) in [6.07, 6.45) is 1.88. The normalized spacial score (nSPS) is 16.8. The van der Waals surface area contributed by atoms with Crippen molar-refractivity contribution in [3.63, 3.8) is 0 Å². The lowest BCUT2D eigenvalue weighted by Gasteiger charge is -2.41. The molecule has 3 heterocycles. The molecule has 3 aromatic rings. The third kappa shape index (κ3) is 5.10. The number of hydrogen-bond acceptors (Lipinski definition) is 7. The molecule has 2 N–H and O–H groups in total. The Kier molecular flexibility index (Phi) is 6.99. The molecular weight excluding hydrogens is 453 g/mol. The van der Waals surface area contributed by atoms with E-state index in [1.165, 1.54) is 16.7 Å². The summed E-state index contributed by atoms with van der Waals surface area (Å²) in [6.45, 7) is 3.58. The maximum Gasteiger partial charge on any atom is 0.296 e. The SMILES string of the molecule is CC(c1ccn(C)n1)N1CCn2c(nc(C(=O)NCc3ccc(F)cc3)c(O)c2=O)C1CN(C)C. The first-order valence-electron chi connectivity index (χ1n) is 11.4. The van der Waals surface area contributed by atoms with Crippen LogP contribution in [0.1, 0.15) is 46.6 Å². The summed E-state index contributed by atoms with van der Waals surface area (Å²) in [5, 5.41) is 17.7. The summed E-state index contributed by atoms with van der Waals surface area (Å²) < 4.78 is 16.3. The highest BCUT2D eigenvalue weighted by Gasteiger charge is 2.36. The Bertz CT molecular complexity index is 1270. The van der Waals surface area contributed by atoms with E-state index in [4.69, 9.17) is 0 Å². The number of rotatable bonds is 7. The molecule has 0 aliphatic carbocycles. The third-order valence-corrected chi connectivity index (χ3v) is 6.23. The van der Waals surface area contributed by atoms with Crippen molar-refractivity contribution in [3.05, 3.63) is 75.5 Å². The Hall–Kier alpha value is -3.57. The second-order valence-electron chi connectivity index (χ2n) is 9.04. The minimum Gasteiger partial charge on any atom is -0.501 e. The largest absolute Gasteiger partial charge is 0.501 e. The molecule has 10 nitrogen and oxygen atoms in total. The van der Waals surface area contributed by atoms with Gasteiger partial charge in [-0.2, -0.15) is 5.10 Å². The number of nitrogens with zero attached hydrogens (tertiary/aromatic N) is 6. The summed E-state index contributed by atoms with van der Waals surface area (Å²) in [5.41, 5.74) is 0.605. The van der Waals surface area contributed by atoms with E-state index in [9.17, 15) is 19.1 Å². The predicted octanol–water partition coefficient (Wildman–Crippen LogP) is 1.43. The highest BCUT2D eigenvalue weighted by molar-refractivity contribution is 5.94. The molecule has 0 saturated carbocycles. The zero-order valence-electron chi connectivity index (χ0n) is 20.3. The molecule has 186 valence electrons. The van der Waals surface area contributed by atoms with Crippen molar-refractivity contribution >= 4 is 5.91 Å². The second-order valence-corrected chi connectivity index (χ2v) is 9.04. The summed E-state index contributed by atoms with van der Waals surface area (Å²) >= 11 is 0. The summed E-state index contributed by atoms with van der Waals surface area (Å²) in [4.78, 5) is 34.7. The van der Waals surface area contributed by atoms with E-state index >= 15 is 0 Å². The van der Waals surface area contributed by atoms with Gasteiger partial charge in [-0.1, -0.05) is 12.1 Å². The Labute approximate surface area is 202 Å². The third-order valence-electron chi connectivity index (χ3n) is 6.23. The summed E-state index contributed by atoms with van der Waals surface area (Å²) in [7, 11) is 5.72. The number of likely N-dealkylation sites (N-methyl/N-ethyl adjacent to an activating group) is 1. The van der Waals surface area contributed by atoms with Crippen LogP contribution in [-0.2, 0) is 20.1 Å². The number of nitrogens with one attached hydrogen (secondary N) is 1. The number of carbonyl (C=O) groups is 1. The van der Waals surface area contributed by atoms with Gasteiger partial charge in [-0.3, -0.25) is 23.7 Å². The molecule has 0 bridgehead atoms. The van der Waals surface area contributed by atoms with Crippen LogP contribution in [-0.4, -0.2) is 67.3 Å². The minimum atomic E-state index is -0.680. The highest BCUT2D eigenvalue weighted by Crippen LogP contribution is 2.32. The number of aromatic hydroxyl groups is 1. The maximum atomic E-state index is 13.2. The first-order valence-corrected chi connectivity index (χ1v) is 11.4. The van der Waals surface area contributed by atoms with Gasteiger partial charge in [0.15, 0.2) is 5.69 Å². The molecule has 35 heavy (non-hydrogen) atoms. The monoisotopic (exact) mass is 483 g/mol. The first-order chi connectivity index (χ1) is 16.7. The molecule has 1 aromatic carbocycles. The van der Waals surface area contributed by atoms with Crippen molar-refractivity contribution in [2.45, 2.75) is 32.1 Å². The minimum absolute atomic E-state index is 0.0589. The van der Waals surface area contributed by atoms with Crippen molar-refractivity contribution in [1.29, 1.82) is 0 Å². The van der Waals surface area contributed by atoms with E-state index in [0.29, 0.717) is 31.0 Å². The lowest BCUT2D eigenvalue weighted by Crippen LogP contribution is -2.48. The standard InChI is InChI=1S/C24H30FN7O3/c1-15(18-9-10-30(4)28-18)31-11-12-32-22(19(31)14-29(2)3)27-20(21(33)24(32)35)23(34)26-13-16-5-7-17(25)8-6-16/h5-10,15,19,33H,11-14H2,1-4H3,(H,26,34). The van der Waals surface area contributed by atoms with Gasteiger partial charge in [-0.05, 0) is 44.8 Å². The zero-order chi connectivity index (χ0) is 25.3. The molecule has 11 heteroatoms. The molecular formula is C24H30FN7O3. The summed E-state index contributed by atoms with van der Waals surface area (Å²) in [6, 6.07) is 7.28. The van der Waals surface area contributed by atoms with Gasteiger partial charge < -0.3 is 15.3 Å². The molecule has 0 spiro atoms. The van der Waals surface area contributed by atoms with Crippen LogP contribution < -0.4 is 10.9 Å². The quantitative estimate of drug-likeness (QED) is 0.523. The van der Waals surface area contributed by atoms with E-state index in [2.05, 4.69) is 27.2 Å². The van der Waals surface area contributed by atoms with Gasteiger partial charge in [0.1, 0.15) is 11.6 Å². The van der Waals surface area contributed by atoms with Crippen molar-refractivity contribution in [2.75, 3.05) is 27.2 Å². The van der Waals surface area contributed by atoms with Crippen molar-refractivity contribution < 1.29 is 14.3 Å². The van der Waals surface area contributed by atoms with Crippen LogP contribution in [0.15, 0.2) is 41.3 Å². The van der Waals surface area contributed by atoms with Crippen LogP contribution >= 0.6 is 0 Å². The number of benzene rings is 1. The van der Waals surface area contributed by atoms with Gasteiger partial charge >= 0.3 is 0 Å². The molecule has 2 aromatic heterocycles. The number of halogens is 1. The number of carbonyl (C=O) groups excluding carboxylic acids is 1. The average Bonchev–Trinajstić information content (AvgIpc) is 3.26. The molecule has 2 atom stereocenters. The Morgan fingerprint density at radius 1 is 1.26 bits per heavy atom. The van der Waals surface area contributed by atoms with Gasteiger partial charge in [0.25, 0.3) is 11.5 Å². The zero-order valence-corrected chi connectivity index (χ0v) is 20.3. The molecule has 4 rings (SSSR count). The fourth-order valence-corrected chi connectivity index (χ4v) is 4.40. The van der Waals surface area contributed by atoms with Crippen LogP contribution in [0.5, 0.6) is 5.75 Å². The van der Waals surface area contributed by atoms with Gasteiger partial charge in [0, 0.05) is 39.4 Å². The van der Waals surface area contributed by atoms with Gasteiger partial charge in [0.05, 0.1) is 17.8 Å². The number of aromatic nitrogens is 4. The van der Waals surface area contributed by atoms with Gasteiger partial charge in [-0.25, -0.2) is 9.37 Å². The van der Waals surface area contributed by atoms with E-state index in [1.54, 1.807) is 16.8 Å². The Morgan fingerprint density at radius 3 is 2.60 bits per heavy atom. The van der Waals surface area contributed by atoms with Crippen molar-refractivity contribution in [2.24, 2.45) is 7.05 Å². The molecule has 0 saturated heterocycles. The number of aryl methyl sites for hydroxylation is 1. The molecule has 1 amide bonds. The topological polar surface area (TPSA) is 109 Å². The maximum absolute atomic E-state index is 13.2. The van der Waals surface area contributed by atoms with E-state index in [1.807, 2.05) is 38.3 Å². The van der Waals surface area contributed by atoms with Crippen LogP contribution in [0.3, 0.4) is 0 Å². The lowest BCUT2D eigenvalue weighted by atomic mass is 10.1. The summed E-state index contributed by atoms with van der Waals surface area (Å²) in [5.74, 6) is -1.31. The fourth-order valence-electron chi connectivity index (χ4n) is 4.40. The van der Waals surface area contributed by atoms with Crippen molar-refractivity contribution in [1.82, 2.24) is 34.4 Å². The number of fused-ring (bicyclic) bond motifs is 1. The van der Waals surface area contributed by atoms with Gasteiger partial charge in [-0.15, -0.1) is 0 Å². The first kappa shape index (κ1) is 24.6. The van der Waals surface area contributed by atoms with Gasteiger partial charge in [0.2, 0.25) is 5.75 Å². The Balaban J connectivity index is 1.67.